The van der Waals surface area contributed by atoms with Crippen LogP contribution in [0.5, 0.6) is 0 Å². The van der Waals surface area contributed by atoms with E-state index in [0.29, 0.717) is 24.3 Å². The summed E-state index contributed by atoms with van der Waals surface area (Å²) in [5.74, 6) is 2.21. The first-order chi connectivity index (χ1) is 8.84. The van der Waals surface area contributed by atoms with Crippen molar-refractivity contribution < 1.29 is 14.0 Å². The molecule has 1 N–H and O–H groups in total. The monoisotopic (exact) mass is 253 g/mol. The van der Waals surface area contributed by atoms with E-state index in [9.17, 15) is 0 Å². The highest BCUT2D eigenvalue weighted by Gasteiger charge is 2.30. The Hall–Kier alpha value is -0.980. The van der Waals surface area contributed by atoms with Gasteiger partial charge in [0.05, 0.1) is 19.3 Å². The van der Waals surface area contributed by atoms with Gasteiger partial charge in [-0.2, -0.15) is 4.98 Å². The molecule has 1 aromatic heterocycles. The summed E-state index contributed by atoms with van der Waals surface area (Å²) in [4.78, 5) is 4.53. The van der Waals surface area contributed by atoms with Crippen LogP contribution in [0.3, 0.4) is 0 Å². The van der Waals surface area contributed by atoms with Gasteiger partial charge in [-0.1, -0.05) is 12.1 Å². The van der Waals surface area contributed by atoms with E-state index >= 15 is 0 Å². The molecule has 0 aliphatic carbocycles. The van der Waals surface area contributed by atoms with Gasteiger partial charge < -0.3 is 19.3 Å². The lowest BCUT2D eigenvalue weighted by atomic mass is 9.90. The Kier molecular flexibility index (Phi) is 3.58. The molecule has 2 saturated heterocycles. The van der Waals surface area contributed by atoms with Gasteiger partial charge in [0, 0.05) is 25.7 Å². The van der Waals surface area contributed by atoms with Crippen molar-refractivity contribution in [3.63, 3.8) is 0 Å². The molecular formula is C12H19N3O3. The largest absolute Gasteiger partial charge is 0.381 e. The van der Waals surface area contributed by atoms with Crippen molar-refractivity contribution in [2.45, 2.75) is 25.3 Å². The Morgan fingerprint density at radius 3 is 2.89 bits per heavy atom. The quantitative estimate of drug-likeness (QED) is 0.843. The minimum atomic E-state index is 0.0615. The molecule has 2 aliphatic heterocycles. The lowest BCUT2D eigenvalue weighted by Crippen LogP contribution is -2.35. The van der Waals surface area contributed by atoms with E-state index in [1.54, 1.807) is 0 Å². The molecule has 0 spiro atoms. The van der Waals surface area contributed by atoms with Crippen LogP contribution in [0.15, 0.2) is 4.52 Å². The van der Waals surface area contributed by atoms with Gasteiger partial charge in [0.1, 0.15) is 0 Å². The van der Waals surface area contributed by atoms with Crippen molar-refractivity contribution in [2.24, 2.45) is 5.92 Å². The van der Waals surface area contributed by atoms with Gasteiger partial charge in [0.15, 0.2) is 5.82 Å². The lowest BCUT2D eigenvalue weighted by Gasteiger charge is -2.25. The number of nitrogens with zero attached hydrogens (tertiary/aromatic N) is 2. The first-order valence-corrected chi connectivity index (χ1v) is 6.57. The number of rotatable bonds is 2. The summed E-state index contributed by atoms with van der Waals surface area (Å²) in [5, 5.41) is 7.41. The molecule has 18 heavy (non-hydrogen) atoms. The fourth-order valence-electron chi connectivity index (χ4n) is 2.52. The summed E-state index contributed by atoms with van der Waals surface area (Å²) in [6.07, 6.45) is 0.956. The third kappa shape index (κ3) is 2.41. The minimum Gasteiger partial charge on any atom is -0.381 e. The summed E-state index contributed by atoms with van der Waals surface area (Å²) in [7, 11) is 0. The molecule has 2 fully saturated rings. The molecule has 3 unspecified atom stereocenters. The van der Waals surface area contributed by atoms with Gasteiger partial charge in [-0.3, -0.25) is 0 Å². The number of nitrogens with one attached hydrogen (secondary N) is 1. The molecule has 2 aliphatic rings. The van der Waals surface area contributed by atoms with Gasteiger partial charge in [0.25, 0.3) is 0 Å². The Labute approximate surface area is 106 Å². The smallest absolute Gasteiger partial charge is 0.230 e. The van der Waals surface area contributed by atoms with Crippen molar-refractivity contribution >= 4 is 0 Å². The molecular weight excluding hydrogens is 234 g/mol. The molecule has 1 aromatic rings. The highest BCUT2D eigenvalue weighted by molar-refractivity contribution is 5.01. The molecule has 0 amide bonds. The maximum Gasteiger partial charge on any atom is 0.230 e. The summed E-state index contributed by atoms with van der Waals surface area (Å²) in [5.41, 5.74) is 0. The Morgan fingerprint density at radius 1 is 1.22 bits per heavy atom. The Bertz CT molecular complexity index is 390. The van der Waals surface area contributed by atoms with Crippen LogP contribution in [-0.4, -0.2) is 43.1 Å². The van der Waals surface area contributed by atoms with E-state index in [1.807, 2.05) is 0 Å². The van der Waals surface area contributed by atoms with Crippen LogP contribution in [-0.2, 0) is 9.47 Å². The fourth-order valence-corrected chi connectivity index (χ4v) is 2.52. The average Bonchev–Trinajstić information content (AvgIpc) is 2.90. The van der Waals surface area contributed by atoms with E-state index in [4.69, 9.17) is 14.0 Å². The molecule has 3 atom stereocenters. The molecule has 0 bridgehead atoms. The van der Waals surface area contributed by atoms with Gasteiger partial charge >= 0.3 is 0 Å². The van der Waals surface area contributed by atoms with E-state index in [1.165, 1.54) is 0 Å². The van der Waals surface area contributed by atoms with Crippen molar-refractivity contribution in [2.75, 3.05) is 33.0 Å². The zero-order chi connectivity index (χ0) is 12.4. The predicted octanol–water partition coefficient (Wildman–Crippen LogP) is 0.871. The predicted molar refractivity (Wildman–Crippen MR) is 63.2 cm³/mol. The van der Waals surface area contributed by atoms with Crippen molar-refractivity contribution in [1.29, 1.82) is 0 Å². The number of morpholine rings is 1. The van der Waals surface area contributed by atoms with Gasteiger partial charge in [-0.25, -0.2) is 0 Å². The molecule has 3 rings (SSSR count). The van der Waals surface area contributed by atoms with Crippen molar-refractivity contribution in [1.82, 2.24) is 15.5 Å². The van der Waals surface area contributed by atoms with Crippen molar-refractivity contribution in [3.05, 3.63) is 11.7 Å². The average molecular weight is 253 g/mol. The second-order valence-electron chi connectivity index (χ2n) is 5.02. The summed E-state index contributed by atoms with van der Waals surface area (Å²) >= 11 is 0. The lowest BCUT2D eigenvalue weighted by molar-refractivity contribution is 0.0392. The highest BCUT2D eigenvalue weighted by atomic mass is 16.5. The maximum absolute atomic E-state index is 5.43. The highest BCUT2D eigenvalue weighted by Crippen LogP contribution is 2.31. The van der Waals surface area contributed by atoms with Gasteiger partial charge in [-0.05, 0) is 12.3 Å². The Balaban J connectivity index is 1.71. The van der Waals surface area contributed by atoms with E-state index in [2.05, 4.69) is 22.4 Å². The normalized spacial score (nSPS) is 33.5. The summed E-state index contributed by atoms with van der Waals surface area (Å²) in [6, 6.07) is 0.0615. The third-order valence-electron chi connectivity index (χ3n) is 3.65. The van der Waals surface area contributed by atoms with Gasteiger partial charge in [0.2, 0.25) is 5.89 Å². The van der Waals surface area contributed by atoms with Gasteiger partial charge in [-0.15, -0.1) is 0 Å². The molecule has 0 radical (unpaired) electrons. The van der Waals surface area contributed by atoms with Crippen LogP contribution in [0.2, 0.25) is 0 Å². The second kappa shape index (κ2) is 5.34. The molecule has 3 heterocycles. The van der Waals surface area contributed by atoms with E-state index in [-0.39, 0.29) is 6.04 Å². The second-order valence-corrected chi connectivity index (χ2v) is 5.02. The van der Waals surface area contributed by atoms with E-state index in [0.717, 1.165) is 38.7 Å². The topological polar surface area (TPSA) is 69.4 Å². The third-order valence-corrected chi connectivity index (χ3v) is 3.65. The maximum atomic E-state index is 5.43. The zero-order valence-corrected chi connectivity index (χ0v) is 10.6. The van der Waals surface area contributed by atoms with Crippen molar-refractivity contribution in [3.8, 4) is 0 Å². The van der Waals surface area contributed by atoms with Crippen LogP contribution >= 0.6 is 0 Å². The number of ether oxygens (including phenoxy) is 2. The Morgan fingerprint density at radius 2 is 2.11 bits per heavy atom. The number of hydrogen-bond acceptors (Lipinski definition) is 6. The number of aromatic nitrogens is 2. The standard InChI is InChI=1S/C12H19N3O3/c1-8-6-16-4-2-9(8)12-14-11(15-18-12)10-7-17-5-3-13-10/h8-10,13H,2-7H2,1H3. The molecule has 0 aromatic carbocycles. The molecule has 6 nitrogen and oxygen atoms in total. The fraction of sp³-hybridized carbons (Fsp3) is 0.833. The minimum absolute atomic E-state index is 0.0615. The molecule has 0 saturated carbocycles. The summed E-state index contributed by atoms with van der Waals surface area (Å²) in [6.45, 7) is 5.91. The first-order valence-electron chi connectivity index (χ1n) is 6.57. The molecule has 100 valence electrons. The van der Waals surface area contributed by atoms with Crippen LogP contribution in [0, 0.1) is 5.92 Å². The SMILES string of the molecule is CC1COCCC1c1nc(C2COCCN2)no1. The van der Waals surface area contributed by atoms with Crippen LogP contribution in [0.4, 0.5) is 0 Å². The van der Waals surface area contributed by atoms with Crippen LogP contribution < -0.4 is 5.32 Å². The first kappa shape index (κ1) is 12.1. The van der Waals surface area contributed by atoms with Crippen LogP contribution in [0.1, 0.15) is 37.0 Å². The number of hydrogen-bond donors (Lipinski definition) is 1. The zero-order valence-electron chi connectivity index (χ0n) is 10.6. The van der Waals surface area contributed by atoms with E-state index < -0.39 is 0 Å². The van der Waals surface area contributed by atoms with Crippen LogP contribution in [0.25, 0.3) is 0 Å². The molecule has 6 heteroatoms. The summed E-state index contributed by atoms with van der Waals surface area (Å²) < 4.78 is 16.3.